The molecule has 39 nitrogen and oxygen atoms in total. The average Bonchev–Trinajstić information content (AvgIpc) is 1.67. The van der Waals surface area contributed by atoms with Gasteiger partial charge in [-0.05, 0) is 152 Å². The van der Waals surface area contributed by atoms with Crippen LogP contribution in [0.1, 0.15) is 180 Å². The molecule has 2 aliphatic heterocycles. The third-order valence-electron chi connectivity index (χ3n) is 20.7. The topological polar surface area (TPSA) is 590 Å². The van der Waals surface area contributed by atoms with Gasteiger partial charge in [0.25, 0.3) is 0 Å². The van der Waals surface area contributed by atoms with Crippen molar-refractivity contribution in [2.24, 2.45) is 11.5 Å². The number of nitrogens with two attached hydrogens (primary N) is 2. The Morgan fingerprint density at radius 2 is 1.02 bits per heavy atom. The number of carbonyl (C=O) groups is 18. The van der Waals surface area contributed by atoms with Crippen LogP contribution < -0.4 is 85.9 Å². The molecule has 118 heavy (non-hydrogen) atoms. The van der Waals surface area contributed by atoms with Gasteiger partial charge in [0.2, 0.25) is 106 Å². The lowest BCUT2D eigenvalue weighted by atomic mass is 9.95. The SMILES string of the molecule is CCC(C)(NC(=O)CNC(=O)C(C)(CC)NC(=O)[C@H](CCC(N)=O)NC(=O)C(C)(C)NC(=O)[C@H](Cc1c[nH]c2ccccc12)NC(C)=O)C(=O)N[C@@H](C)C(=O)NC(C)(C)C(=O)NC(C)(C)C(=O)NCC(=O)N[C@@H](CCC(N)=O)C(=O)NC(C)(C)C(=O)N1CC(O)C[C@@H]1C(=O)NC(C)(C)C(=O)N1CCC[C@H]1C(=O)N[C@H](CO)Cc1ccccc1. The number of aliphatic hydroxyl groups is 2. The van der Waals surface area contributed by atoms with Crippen molar-refractivity contribution in [3.05, 3.63) is 71.9 Å². The van der Waals surface area contributed by atoms with E-state index in [4.69, 9.17) is 11.5 Å². The van der Waals surface area contributed by atoms with Gasteiger partial charge in [0.1, 0.15) is 75.0 Å². The van der Waals surface area contributed by atoms with Crippen molar-refractivity contribution in [2.45, 2.75) is 269 Å². The number of carbonyl (C=O) groups excluding carboxylic acids is 18. The molecule has 3 aromatic rings. The number of hydrogen-bond acceptors (Lipinski definition) is 20. The summed E-state index contributed by atoms with van der Waals surface area (Å²) in [5.74, 6) is -15.1. The number of aliphatic hydroxyl groups excluding tert-OH is 2. The summed E-state index contributed by atoms with van der Waals surface area (Å²) in [5.41, 5.74) is 0.742. The summed E-state index contributed by atoms with van der Waals surface area (Å²) in [4.78, 5) is 250. The average molecular weight is 1650 g/mol. The van der Waals surface area contributed by atoms with Gasteiger partial charge in [-0.25, -0.2) is 0 Å². The van der Waals surface area contributed by atoms with E-state index in [0.29, 0.717) is 24.8 Å². The Hall–Kier alpha value is -11.6. The van der Waals surface area contributed by atoms with Crippen LogP contribution in [-0.2, 0) is 99.1 Å². The van der Waals surface area contributed by atoms with E-state index in [2.05, 4.69) is 79.4 Å². The van der Waals surface area contributed by atoms with Gasteiger partial charge in [-0.15, -0.1) is 0 Å². The molecule has 18 amide bonds. The molecule has 0 saturated carbocycles. The minimum absolute atomic E-state index is 0.0381. The van der Waals surface area contributed by atoms with Crippen LogP contribution in [0.5, 0.6) is 0 Å². The smallest absolute Gasteiger partial charge is 0.248 e. The van der Waals surface area contributed by atoms with E-state index in [1.54, 1.807) is 13.1 Å². The predicted molar refractivity (Wildman–Crippen MR) is 429 cm³/mol. The van der Waals surface area contributed by atoms with Crippen LogP contribution in [0, 0.1) is 0 Å². The van der Waals surface area contributed by atoms with Crippen LogP contribution in [-0.4, -0.2) is 251 Å². The maximum absolute atomic E-state index is 14.4. The fraction of sp³-hybridized carbons (Fsp3) is 0.595. The number of para-hydroxylation sites is 1. The van der Waals surface area contributed by atoms with E-state index < -0.39 is 226 Å². The normalized spacial score (nSPS) is 17.3. The van der Waals surface area contributed by atoms with Crippen molar-refractivity contribution < 1.29 is 96.5 Å². The van der Waals surface area contributed by atoms with Gasteiger partial charge in [0.05, 0.1) is 31.8 Å². The van der Waals surface area contributed by atoms with Gasteiger partial charge in [-0.3, -0.25) is 86.3 Å². The van der Waals surface area contributed by atoms with Gasteiger partial charge in [0.15, 0.2) is 0 Å². The molecule has 3 heterocycles. The van der Waals surface area contributed by atoms with Crippen LogP contribution >= 0.6 is 0 Å². The fourth-order valence-electron chi connectivity index (χ4n) is 13.1. The highest BCUT2D eigenvalue weighted by molar-refractivity contribution is 6.03. The number of β-amino-alcohol motifs (C(OH)–C–C–N with tert-alkyl or cyclic N) is 1. The summed E-state index contributed by atoms with van der Waals surface area (Å²) < 4.78 is 0. The predicted octanol–water partition coefficient (Wildman–Crippen LogP) is -3.83. The number of aromatic amines is 1. The monoisotopic (exact) mass is 1650 g/mol. The number of amides is 18. The van der Waals surface area contributed by atoms with Crippen molar-refractivity contribution in [1.82, 2.24) is 89.2 Å². The van der Waals surface area contributed by atoms with Crippen molar-refractivity contribution in [1.29, 1.82) is 0 Å². The molecule has 2 aromatic carbocycles. The van der Waals surface area contributed by atoms with Gasteiger partial charge in [0, 0.05) is 62.8 Å². The summed E-state index contributed by atoms with van der Waals surface area (Å²) >= 11 is 0. The first-order chi connectivity index (χ1) is 54.7. The highest BCUT2D eigenvalue weighted by Crippen LogP contribution is 2.27. The number of likely N-dealkylation sites (tertiary alicyclic amines) is 2. The molecule has 650 valence electrons. The lowest BCUT2D eigenvalue weighted by molar-refractivity contribution is -0.148. The highest BCUT2D eigenvalue weighted by atomic mass is 16.3. The van der Waals surface area contributed by atoms with Crippen molar-refractivity contribution in [3.63, 3.8) is 0 Å². The van der Waals surface area contributed by atoms with E-state index in [1.807, 2.05) is 54.6 Å². The number of hydrogen-bond donors (Lipinski definition) is 19. The molecular formula is C79H119N19O20. The Bertz CT molecular complexity index is 4260. The lowest BCUT2D eigenvalue weighted by Gasteiger charge is -2.37. The molecule has 2 fully saturated rings. The second kappa shape index (κ2) is 41.0. The largest absolute Gasteiger partial charge is 0.394 e. The number of H-pyrrole nitrogens is 1. The fourth-order valence-corrected chi connectivity index (χ4v) is 13.1. The Kier molecular flexibility index (Phi) is 33.7. The van der Waals surface area contributed by atoms with Gasteiger partial charge in [-0.2, -0.15) is 0 Å². The zero-order valence-electron chi connectivity index (χ0n) is 70.0. The van der Waals surface area contributed by atoms with Crippen LogP contribution in [0.2, 0.25) is 0 Å². The number of benzene rings is 2. The summed E-state index contributed by atoms with van der Waals surface area (Å²) in [7, 11) is 0. The molecule has 0 radical (unpaired) electrons. The molecule has 0 bridgehead atoms. The Morgan fingerprint density at radius 1 is 0.508 bits per heavy atom. The van der Waals surface area contributed by atoms with Crippen LogP contribution in [0.25, 0.3) is 10.9 Å². The molecule has 3 unspecified atom stereocenters. The van der Waals surface area contributed by atoms with Crippen LogP contribution in [0.15, 0.2) is 60.8 Å². The third-order valence-corrected chi connectivity index (χ3v) is 20.7. The molecule has 5 rings (SSSR count). The Morgan fingerprint density at radius 3 is 1.61 bits per heavy atom. The molecule has 1 aromatic heterocycles. The quantitative estimate of drug-likeness (QED) is 0.0258. The summed E-state index contributed by atoms with van der Waals surface area (Å²) in [5, 5.41) is 57.3. The zero-order valence-corrected chi connectivity index (χ0v) is 70.0. The molecule has 21 N–H and O–H groups in total. The van der Waals surface area contributed by atoms with E-state index >= 15 is 0 Å². The van der Waals surface area contributed by atoms with Gasteiger partial charge in [-0.1, -0.05) is 62.4 Å². The first kappa shape index (κ1) is 96.9. The maximum atomic E-state index is 14.4. The number of primary amides is 2. The van der Waals surface area contributed by atoms with Crippen molar-refractivity contribution in [3.8, 4) is 0 Å². The standard InChI is InChI=1S/C79H119N19O20/c1-17-78(15,95-62(108)52(31-33-57(81)103)89-67(113)74(7,8)92-63(109)53(86-44(4)100)36-46-38-82-50-28-23-22-27-49(46)50)69(115)84-40-59(105)90-79(16,18-2)70(116)85-43(3)60(106)91-75(9,10)68(114)96-73(5,6)66(112)83-39-58(104)88-51(30-32-56(80)102)61(107)93-77(13,14)72(118)98-41-48(101)37-55(98)65(111)94-76(11,12)71(117)97-34-24-29-54(97)64(110)87-47(42-99)35-45-25-20-19-21-26-45/h19-23,25-28,38,43,47-48,51-55,82,99,101H,17-18,24,29-37,39-42H2,1-16H3,(H2,80,102)(H2,81,103)(H,83,112)(H,84,115)(H,85,116)(H,86,100)(H,87,110)(H,88,104)(H,89,113)(H,90,105)(H,91,106)(H,92,109)(H,93,107)(H,94,111)(H,95,108)(H,96,114)/t43-,47-,48?,51-,52-,53-,54-,55+,78?,79?/m0/s1. The minimum atomic E-state index is -1.89. The second-order valence-electron chi connectivity index (χ2n) is 33.1. The first-order valence-electron chi connectivity index (χ1n) is 39.1. The van der Waals surface area contributed by atoms with Crippen LogP contribution in [0.4, 0.5) is 0 Å². The molecule has 0 aliphatic carbocycles. The van der Waals surface area contributed by atoms with E-state index in [-0.39, 0.29) is 51.8 Å². The number of nitrogens with zero attached hydrogens (tertiary/aromatic N) is 2. The summed E-state index contributed by atoms with van der Waals surface area (Å²) in [6.45, 7) is 19.3. The van der Waals surface area contributed by atoms with E-state index in [9.17, 15) is 96.5 Å². The summed E-state index contributed by atoms with van der Waals surface area (Å²) in [6.07, 6.45) is -0.432. The molecule has 2 saturated heterocycles. The third kappa shape index (κ3) is 27.0. The molecule has 10 atom stereocenters. The first-order valence-corrected chi connectivity index (χ1v) is 39.1. The van der Waals surface area contributed by atoms with Crippen LogP contribution in [0.3, 0.4) is 0 Å². The lowest BCUT2D eigenvalue weighted by Crippen LogP contribution is -2.65. The van der Waals surface area contributed by atoms with Gasteiger partial charge < -0.3 is 111 Å². The number of nitrogens with one attached hydrogen (secondary N) is 15. The minimum Gasteiger partial charge on any atom is -0.394 e. The van der Waals surface area contributed by atoms with Crippen molar-refractivity contribution in [2.75, 3.05) is 32.8 Å². The number of rotatable bonds is 42. The maximum Gasteiger partial charge on any atom is 0.248 e. The van der Waals surface area contributed by atoms with E-state index in [0.717, 1.165) is 21.4 Å². The van der Waals surface area contributed by atoms with Crippen molar-refractivity contribution >= 4 is 117 Å². The highest BCUT2D eigenvalue weighted by Gasteiger charge is 2.49. The zero-order chi connectivity index (χ0) is 89.0. The number of fused-ring (bicyclic) bond motifs is 1. The number of aromatic nitrogens is 1. The Labute approximate surface area is 684 Å². The summed E-state index contributed by atoms with van der Waals surface area (Å²) in [6, 6.07) is 7.94. The molecule has 39 heteroatoms. The van der Waals surface area contributed by atoms with Gasteiger partial charge >= 0.3 is 0 Å². The molecule has 0 spiro atoms. The second-order valence-corrected chi connectivity index (χ2v) is 33.1. The Balaban J connectivity index is 1.11. The van der Waals surface area contributed by atoms with E-state index in [1.165, 1.54) is 109 Å². The molecule has 2 aliphatic rings. The molecular weight excluding hydrogens is 1530 g/mol.